The van der Waals surface area contributed by atoms with Crippen molar-refractivity contribution < 1.29 is 4.79 Å². The number of hydrogen-bond donors (Lipinski definition) is 0. The zero-order chi connectivity index (χ0) is 12.5. The summed E-state index contributed by atoms with van der Waals surface area (Å²) >= 11 is 6.19. The maximum Gasteiger partial charge on any atom is 0.144 e. The molecule has 1 heterocycles. The van der Waals surface area contributed by atoms with Crippen LogP contribution in [-0.4, -0.2) is 15.6 Å². The molecule has 0 fully saturated rings. The lowest BCUT2D eigenvalue weighted by Crippen LogP contribution is -2.23. The molecule has 0 saturated heterocycles. The average molecular weight is 243 g/mol. The maximum atomic E-state index is 11.9. The first-order valence-corrected chi connectivity index (χ1v) is 5.88. The van der Waals surface area contributed by atoms with Gasteiger partial charge < -0.3 is 0 Å². The fourth-order valence-electron chi connectivity index (χ4n) is 1.43. The van der Waals surface area contributed by atoms with E-state index >= 15 is 0 Å². The summed E-state index contributed by atoms with van der Waals surface area (Å²) in [5.41, 5.74) is 1.35. The number of hydrogen-bond acceptors (Lipinski definition) is 2. The van der Waals surface area contributed by atoms with Gasteiger partial charge in [-0.1, -0.05) is 39.3 Å². The number of Topliss-reactive ketones (excluding diaryl/α,β-unsaturated/α-hetero) is 1. The molecule has 0 amide bonds. The van der Waals surface area contributed by atoms with Crippen molar-refractivity contribution in [2.24, 2.45) is 12.5 Å². The van der Waals surface area contributed by atoms with Gasteiger partial charge in [-0.25, -0.2) is 0 Å². The van der Waals surface area contributed by atoms with Gasteiger partial charge in [-0.2, -0.15) is 5.10 Å². The number of ketones is 1. The maximum absolute atomic E-state index is 11.9. The number of carbonyl (C=O) groups is 1. The van der Waals surface area contributed by atoms with Crippen molar-refractivity contribution in [1.29, 1.82) is 0 Å². The molecule has 0 radical (unpaired) electrons. The van der Waals surface area contributed by atoms with Crippen molar-refractivity contribution in [2.45, 2.75) is 40.5 Å². The minimum absolute atomic E-state index is 0.181. The fraction of sp³-hybridized carbons (Fsp3) is 0.667. The van der Waals surface area contributed by atoms with E-state index in [0.717, 1.165) is 17.8 Å². The molecule has 90 valence electrons. The molecule has 4 heteroatoms. The van der Waals surface area contributed by atoms with Crippen molar-refractivity contribution >= 4 is 17.4 Å². The van der Waals surface area contributed by atoms with Crippen LogP contribution in [0.2, 0.25) is 5.02 Å². The van der Waals surface area contributed by atoms with Gasteiger partial charge in [0.05, 0.1) is 22.8 Å². The van der Waals surface area contributed by atoms with Crippen molar-refractivity contribution in [3.05, 3.63) is 16.4 Å². The Hall–Kier alpha value is -0.830. The molecule has 0 unspecified atom stereocenters. The number of nitrogens with zero attached hydrogens (tertiary/aromatic N) is 2. The molecule has 0 aliphatic heterocycles. The highest BCUT2D eigenvalue weighted by molar-refractivity contribution is 6.32. The lowest BCUT2D eigenvalue weighted by Gasteiger charge is -2.16. The number of aromatic nitrogens is 2. The largest absolute Gasteiger partial charge is 0.299 e. The smallest absolute Gasteiger partial charge is 0.144 e. The average Bonchev–Trinajstić information content (AvgIpc) is 2.43. The highest BCUT2D eigenvalue weighted by atomic mass is 35.5. The highest BCUT2D eigenvalue weighted by Gasteiger charge is 2.24. The van der Waals surface area contributed by atoms with Gasteiger partial charge in [0.15, 0.2) is 0 Å². The van der Waals surface area contributed by atoms with E-state index in [4.69, 9.17) is 11.6 Å². The van der Waals surface area contributed by atoms with E-state index in [1.807, 2.05) is 34.7 Å². The third-order valence-electron chi connectivity index (χ3n) is 2.67. The van der Waals surface area contributed by atoms with Crippen LogP contribution in [0.15, 0.2) is 0 Å². The molecule has 0 bridgehead atoms. The van der Waals surface area contributed by atoms with E-state index in [1.54, 1.807) is 4.68 Å². The van der Waals surface area contributed by atoms with E-state index in [9.17, 15) is 4.79 Å². The quantitative estimate of drug-likeness (QED) is 0.817. The van der Waals surface area contributed by atoms with Gasteiger partial charge in [-0.3, -0.25) is 9.48 Å². The second-order valence-electron chi connectivity index (χ2n) is 5.03. The van der Waals surface area contributed by atoms with Gasteiger partial charge in [0.1, 0.15) is 5.78 Å². The topological polar surface area (TPSA) is 34.9 Å². The predicted molar refractivity (Wildman–Crippen MR) is 65.8 cm³/mol. The first kappa shape index (κ1) is 13.2. The molecule has 0 spiro atoms. The van der Waals surface area contributed by atoms with Crippen LogP contribution >= 0.6 is 11.6 Å². The molecule has 16 heavy (non-hydrogen) atoms. The van der Waals surface area contributed by atoms with Crippen LogP contribution in [0.4, 0.5) is 0 Å². The van der Waals surface area contributed by atoms with Gasteiger partial charge in [0, 0.05) is 12.5 Å². The molecule has 1 aromatic heterocycles. The molecular weight excluding hydrogens is 224 g/mol. The Morgan fingerprint density at radius 2 is 2.00 bits per heavy atom. The standard InChI is InChI=1S/C12H19ClN2O/c1-6-8-11(13)9(15(5)14-8)7-10(16)12(2,3)4/h6-7H2,1-5H3. The normalized spacial score (nSPS) is 11.9. The van der Waals surface area contributed by atoms with Crippen LogP contribution in [-0.2, 0) is 24.7 Å². The minimum atomic E-state index is -0.333. The molecule has 0 aromatic carbocycles. The second kappa shape index (κ2) is 4.58. The van der Waals surface area contributed by atoms with Crippen LogP contribution in [0, 0.1) is 5.41 Å². The Bertz CT molecular complexity index is 402. The van der Waals surface area contributed by atoms with Gasteiger partial charge in [0.2, 0.25) is 0 Å². The number of aryl methyl sites for hydroxylation is 2. The first-order valence-electron chi connectivity index (χ1n) is 5.51. The van der Waals surface area contributed by atoms with Gasteiger partial charge >= 0.3 is 0 Å². The Morgan fingerprint density at radius 1 is 1.44 bits per heavy atom. The Balaban J connectivity index is 2.98. The van der Waals surface area contributed by atoms with Crippen LogP contribution in [0.1, 0.15) is 39.1 Å². The number of carbonyl (C=O) groups excluding carboxylic acids is 1. The highest BCUT2D eigenvalue weighted by Crippen LogP contribution is 2.24. The monoisotopic (exact) mass is 242 g/mol. The summed E-state index contributed by atoms with van der Waals surface area (Å²) in [6.07, 6.45) is 1.14. The molecule has 0 atom stereocenters. The van der Waals surface area contributed by atoms with Gasteiger partial charge in [-0.15, -0.1) is 0 Å². The zero-order valence-electron chi connectivity index (χ0n) is 10.6. The van der Waals surface area contributed by atoms with Gasteiger partial charge in [-0.05, 0) is 6.42 Å². The molecule has 1 rings (SSSR count). The number of rotatable bonds is 3. The lowest BCUT2D eigenvalue weighted by molar-refractivity contribution is -0.125. The molecule has 0 N–H and O–H groups in total. The molecule has 1 aromatic rings. The van der Waals surface area contributed by atoms with Crippen LogP contribution in [0.3, 0.4) is 0 Å². The summed E-state index contributed by atoms with van der Waals surface area (Å²) < 4.78 is 1.71. The molecule has 0 aliphatic rings. The van der Waals surface area contributed by atoms with Gasteiger partial charge in [0.25, 0.3) is 0 Å². The molecule has 3 nitrogen and oxygen atoms in total. The Morgan fingerprint density at radius 3 is 2.38 bits per heavy atom. The van der Waals surface area contributed by atoms with Crippen LogP contribution < -0.4 is 0 Å². The molecular formula is C12H19ClN2O. The first-order chi connectivity index (χ1) is 7.27. The Labute approximate surface area is 102 Å². The van der Waals surface area contributed by atoms with Crippen molar-refractivity contribution in [3.8, 4) is 0 Å². The van der Waals surface area contributed by atoms with Crippen LogP contribution in [0.25, 0.3) is 0 Å². The summed E-state index contributed by atoms with van der Waals surface area (Å²) in [6, 6.07) is 0. The lowest BCUT2D eigenvalue weighted by atomic mass is 9.88. The summed E-state index contributed by atoms with van der Waals surface area (Å²) in [4.78, 5) is 11.9. The summed E-state index contributed by atoms with van der Waals surface area (Å²) in [5.74, 6) is 0.181. The van der Waals surface area contributed by atoms with Crippen molar-refractivity contribution in [2.75, 3.05) is 0 Å². The van der Waals surface area contributed by atoms with E-state index in [-0.39, 0.29) is 11.2 Å². The molecule has 0 aliphatic carbocycles. The summed E-state index contributed by atoms with van der Waals surface area (Å²) in [7, 11) is 1.83. The van der Waals surface area contributed by atoms with E-state index in [0.29, 0.717) is 11.4 Å². The Kier molecular flexibility index (Phi) is 3.79. The van der Waals surface area contributed by atoms with E-state index in [1.165, 1.54) is 0 Å². The minimum Gasteiger partial charge on any atom is -0.299 e. The summed E-state index contributed by atoms with van der Waals surface area (Å²) in [6.45, 7) is 7.75. The molecule has 0 saturated carbocycles. The predicted octanol–water partition coefficient (Wildman–Crippen LogP) is 2.79. The third-order valence-corrected chi connectivity index (χ3v) is 3.10. The zero-order valence-corrected chi connectivity index (χ0v) is 11.4. The van der Waals surface area contributed by atoms with Crippen LogP contribution in [0.5, 0.6) is 0 Å². The third kappa shape index (κ3) is 2.64. The van der Waals surface area contributed by atoms with E-state index < -0.39 is 0 Å². The van der Waals surface area contributed by atoms with Crippen molar-refractivity contribution in [1.82, 2.24) is 9.78 Å². The SMILES string of the molecule is CCc1nn(C)c(CC(=O)C(C)(C)C)c1Cl. The van der Waals surface area contributed by atoms with Crippen molar-refractivity contribution in [3.63, 3.8) is 0 Å². The van der Waals surface area contributed by atoms with E-state index in [2.05, 4.69) is 5.10 Å². The summed E-state index contributed by atoms with van der Waals surface area (Å²) in [5, 5.41) is 4.94. The fourth-order valence-corrected chi connectivity index (χ4v) is 1.79. The second-order valence-corrected chi connectivity index (χ2v) is 5.41. The number of halogens is 1.